The lowest BCUT2D eigenvalue weighted by molar-refractivity contribution is -0.137. The summed E-state index contributed by atoms with van der Waals surface area (Å²) in [5.74, 6) is -0.740. The van der Waals surface area contributed by atoms with Gasteiger partial charge >= 0.3 is 11.3 Å². The van der Waals surface area contributed by atoms with Crippen LogP contribution in [0.5, 0.6) is 0 Å². The number of ether oxygens (including phenoxy) is 1. The lowest BCUT2D eigenvalue weighted by Crippen LogP contribution is -2.33. The van der Waals surface area contributed by atoms with E-state index in [0.717, 1.165) is 11.8 Å². The third-order valence-corrected chi connectivity index (χ3v) is 3.34. The highest BCUT2D eigenvalue weighted by Gasteiger charge is 2.20. The van der Waals surface area contributed by atoms with Crippen LogP contribution in [0.2, 0.25) is 0 Å². The number of rotatable bonds is 9. The first kappa shape index (κ1) is 19.9. The number of carbonyl (C=O) groups excluding carboxylic acids is 2. The molecule has 0 aromatic heterocycles. The normalized spacial score (nSPS) is 12.8. The predicted molar refractivity (Wildman–Crippen MR) is 82.4 cm³/mol. The summed E-state index contributed by atoms with van der Waals surface area (Å²) in [7, 11) is 0. The molecule has 122 valence electrons. The topological polar surface area (TPSA) is 107 Å². The molecule has 0 aliphatic carbocycles. The van der Waals surface area contributed by atoms with Gasteiger partial charge in [0.25, 0.3) is 0 Å². The standard InChI is InChI=1S/C14H25NO5S/c1-14(2,3)20-13(19)21-9-10(15)11(16)7-5-4-6-8-12(17)18/h10H,4-9,15H2,1-3H3,(H,17,18). The van der Waals surface area contributed by atoms with E-state index >= 15 is 0 Å². The molecule has 0 amide bonds. The van der Waals surface area contributed by atoms with Crippen molar-refractivity contribution >= 4 is 28.8 Å². The van der Waals surface area contributed by atoms with Crippen molar-refractivity contribution in [2.24, 2.45) is 5.73 Å². The van der Waals surface area contributed by atoms with E-state index in [1.54, 1.807) is 20.8 Å². The number of nitrogens with two attached hydrogens (primary N) is 1. The van der Waals surface area contributed by atoms with Crippen molar-refractivity contribution in [1.29, 1.82) is 0 Å². The first-order valence-electron chi connectivity index (χ1n) is 6.97. The van der Waals surface area contributed by atoms with Gasteiger partial charge in [0.1, 0.15) is 11.4 Å². The van der Waals surface area contributed by atoms with Gasteiger partial charge < -0.3 is 15.6 Å². The SMILES string of the molecule is CC(C)(C)OC(=O)SCC(N)C(=O)CCCCCC(=O)O. The summed E-state index contributed by atoms with van der Waals surface area (Å²) in [6.07, 6.45) is 2.30. The Morgan fingerprint density at radius 3 is 2.24 bits per heavy atom. The molecule has 0 aromatic carbocycles. The molecule has 0 aromatic rings. The van der Waals surface area contributed by atoms with Crippen LogP contribution < -0.4 is 5.73 Å². The van der Waals surface area contributed by atoms with Crippen LogP contribution in [-0.4, -0.2) is 39.6 Å². The third kappa shape index (κ3) is 12.4. The Morgan fingerprint density at radius 2 is 1.71 bits per heavy atom. The number of thioether (sulfide) groups is 1. The van der Waals surface area contributed by atoms with E-state index in [2.05, 4.69) is 0 Å². The second-order valence-electron chi connectivity index (χ2n) is 5.80. The largest absolute Gasteiger partial charge is 0.481 e. The molecular weight excluding hydrogens is 294 g/mol. The molecule has 0 saturated carbocycles. The zero-order chi connectivity index (χ0) is 16.5. The Kier molecular flexibility index (Phi) is 9.28. The minimum Gasteiger partial charge on any atom is -0.481 e. The Morgan fingerprint density at radius 1 is 1.14 bits per heavy atom. The number of hydrogen-bond acceptors (Lipinski definition) is 6. The van der Waals surface area contributed by atoms with Gasteiger partial charge in [-0.1, -0.05) is 6.42 Å². The van der Waals surface area contributed by atoms with Crippen LogP contribution in [0, 0.1) is 0 Å². The quantitative estimate of drug-likeness (QED) is 0.497. The number of aliphatic carboxylic acids is 1. The van der Waals surface area contributed by atoms with E-state index in [1.165, 1.54) is 0 Å². The van der Waals surface area contributed by atoms with Gasteiger partial charge in [0, 0.05) is 18.6 Å². The van der Waals surface area contributed by atoms with Crippen LogP contribution in [0.25, 0.3) is 0 Å². The fourth-order valence-electron chi connectivity index (χ4n) is 1.47. The average Bonchev–Trinajstić information content (AvgIpc) is 2.32. The second-order valence-corrected chi connectivity index (χ2v) is 6.76. The molecular formula is C14H25NO5S. The number of Topliss-reactive ketones (excluding diaryl/α,β-unsaturated/α-hetero) is 1. The third-order valence-electron chi connectivity index (χ3n) is 2.50. The first-order valence-corrected chi connectivity index (χ1v) is 7.96. The molecule has 1 atom stereocenters. The zero-order valence-corrected chi connectivity index (χ0v) is 13.7. The molecule has 7 heteroatoms. The van der Waals surface area contributed by atoms with Crippen molar-refractivity contribution in [2.75, 3.05) is 5.75 Å². The van der Waals surface area contributed by atoms with Crippen molar-refractivity contribution in [3.8, 4) is 0 Å². The molecule has 0 bridgehead atoms. The Labute approximate surface area is 129 Å². The van der Waals surface area contributed by atoms with Crippen LogP contribution >= 0.6 is 11.8 Å². The van der Waals surface area contributed by atoms with E-state index < -0.39 is 22.9 Å². The van der Waals surface area contributed by atoms with Gasteiger partial charge in [-0.2, -0.15) is 0 Å². The van der Waals surface area contributed by atoms with Crippen LogP contribution in [0.1, 0.15) is 52.9 Å². The molecule has 0 rings (SSSR count). The van der Waals surface area contributed by atoms with E-state index in [0.29, 0.717) is 25.7 Å². The van der Waals surface area contributed by atoms with Crippen LogP contribution in [0.15, 0.2) is 0 Å². The van der Waals surface area contributed by atoms with Gasteiger partial charge in [-0.15, -0.1) is 0 Å². The van der Waals surface area contributed by atoms with Crippen LogP contribution in [0.3, 0.4) is 0 Å². The summed E-state index contributed by atoms with van der Waals surface area (Å²) in [6, 6.07) is -0.693. The van der Waals surface area contributed by atoms with Gasteiger partial charge in [-0.3, -0.25) is 9.59 Å². The maximum absolute atomic E-state index is 11.7. The van der Waals surface area contributed by atoms with Crippen molar-refractivity contribution in [1.82, 2.24) is 0 Å². The minimum atomic E-state index is -0.827. The molecule has 3 N–H and O–H groups in total. The molecule has 0 spiro atoms. The summed E-state index contributed by atoms with van der Waals surface area (Å²) in [5.41, 5.74) is 5.17. The van der Waals surface area contributed by atoms with Gasteiger partial charge in [-0.05, 0) is 45.4 Å². The summed E-state index contributed by atoms with van der Waals surface area (Å²) < 4.78 is 5.10. The van der Waals surface area contributed by atoms with Crippen molar-refractivity contribution in [2.45, 2.75) is 64.5 Å². The molecule has 6 nitrogen and oxygen atoms in total. The summed E-state index contributed by atoms with van der Waals surface area (Å²) in [5, 5.41) is 8.04. The Balaban J connectivity index is 3.80. The van der Waals surface area contributed by atoms with E-state index in [-0.39, 0.29) is 18.0 Å². The number of carboxylic acids is 1. The molecule has 21 heavy (non-hydrogen) atoms. The second kappa shape index (κ2) is 9.78. The number of carboxylic acid groups (broad SMARTS) is 1. The zero-order valence-electron chi connectivity index (χ0n) is 12.9. The summed E-state index contributed by atoms with van der Waals surface area (Å²) in [6.45, 7) is 5.31. The highest BCUT2D eigenvalue weighted by molar-refractivity contribution is 8.13. The smallest absolute Gasteiger partial charge is 0.367 e. The summed E-state index contributed by atoms with van der Waals surface area (Å²) in [4.78, 5) is 33.5. The van der Waals surface area contributed by atoms with Gasteiger partial charge in [0.15, 0.2) is 0 Å². The van der Waals surface area contributed by atoms with Crippen molar-refractivity contribution in [3.05, 3.63) is 0 Å². The van der Waals surface area contributed by atoms with Crippen molar-refractivity contribution in [3.63, 3.8) is 0 Å². The Bertz CT molecular complexity index is 365. The van der Waals surface area contributed by atoms with Crippen LogP contribution in [-0.2, 0) is 14.3 Å². The first-order chi connectivity index (χ1) is 9.61. The van der Waals surface area contributed by atoms with E-state index in [1.807, 2.05) is 0 Å². The molecule has 1 unspecified atom stereocenters. The fraction of sp³-hybridized carbons (Fsp3) is 0.786. The predicted octanol–water partition coefficient (Wildman–Crippen LogP) is 2.59. The van der Waals surface area contributed by atoms with Crippen molar-refractivity contribution < 1.29 is 24.2 Å². The van der Waals surface area contributed by atoms with Crippen LogP contribution in [0.4, 0.5) is 4.79 Å². The monoisotopic (exact) mass is 319 g/mol. The average molecular weight is 319 g/mol. The number of hydrogen-bond donors (Lipinski definition) is 2. The maximum Gasteiger partial charge on any atom is 0.367 e. The van der Waals surface area contributed by atoms with Gasteiger partial charge in [0.2, 0.25) is 0 Å². The molecule has 0 aliphatic heterocycles. The molecule has 0 aliphatic rings. The molecule has 0 radical (unpaired) electrons. The highest BCUT2D eigenvalue weighted by atomic mass is 32.2. The van der Waals surface area contributed by atoms with E-state index in [4.69, 9.17) is 15.6 Å². The minimum absolute atomic E-state index is 0.110. The summed E-state index contributed by atoms with van der Waals surface area (Å²) >= 11 is 0.903. The Hall–Kier alpha value is -1.08. The lowest BCUT2D eigenvalue weighted by atomic mass is 10.1. The lowest BCUT2D eigenvalue weighted by Gasteiger charge is -2.19. The van der Waals surface area contributed by atoms with Gasteiger partial charge in [0.05, 0.1) is 6.04 Å². The van der Waals surface area contributed by atoms with E-state index in [9.17, 15) is 14.4 Å². The number of carbonyl (C=O) groups is 3. The molecule has 0 saturated heterocycles. The fourth-order valence-corrected chi connectivity index (χ4v) is 2.28. The van der Waals surface area contributed by atoms with Gasteiger partial charge in [-0.25, -0.2) is 4.79 Å². The molecule has 0 fully saturated rings. The highest BCUT2D eigenvalue weighted by Crippen LogP contribution is 2.16. The molecule has 0 heterocycles. The maximum atomic E-state index is 11.7. The number of ketones is 1. The number of unbranched alkanes of at least 4 members (excludes halogenated alkanes) is 2.